The van der Waals surface area contributed by atoms with Crippen molar-refractivity contribution >= 4 is 29.3 Å². The summed E-state index contributed by atoms with van der Waals surface area (Å²) in [5, 5.41) is 3.13. The van der Waals surface area contributed by atoms with Crippen LogP contribution in [0.5, 0.6) is 5.75 Å². The molecule has 0 aliphatic rings. The minimum atomic E-state index is -0.542. The standard InChI is InChI=1S/C21H20N4O4S/c1-29-17-4-2-3-13(9-17)12-30-21-24-16(11-19(27)25-21)10-18(26)23-15-7-5-14(6-8-15)20(22)28/h2-9,11H,10,12H2,1H3,(H2,22,28)(H,23,26)(H,24,25,27). The van der Waals surface area contributed by atoms with Gasteiger partial charge in [-0.15, -0.1) is 0 Å². The maximum atomic E-state index is 12.3. The number of carbonyl (C=O) groups is 2. The van der Waals surface area contributed by atoms with Crippen LogP contribution in [0, 0.1) is 0 Å². The van der Waals surface area contributed by atoms with E-state index in [9.17, 15) is 14.4 Å². The Bertz CT molecular complexity index is 1110. The van der Waals surface area contributed by atoms with Crippen LogP contribution in [-0.2, 0) is 17.0 Å². The maximum Gasteiger partial charge on any atom is 0.251 e. The van der Waals surface area contributed by atoms with Crippen LogP contribution in [0.25, 0.3) is 0 Å². The normalized spacial score (nSPS) is 10.4. The summed E-state index contributed by atoms with van der Waals surface area (Å²) in [5.41, 5.74) is 7.11. The van der Waals surface area contributed by atoms with Gasteiger partial charge in [-0.05, 0) is 42.0 Å². The fraction of sp³-hybridized carbons (Fsp3) is 0.143. The number of benzene rings is 2. The minimum absolute atomic E-state index is 0.0613. The first-order valence-corrected chi connectivity index (χ1v) is 9.97. The molecule has 0 fully saturated rings. The Labute approximate surface area is 176 Å². The van der Waals surface area contributed by atoms with Gasteiger partial charge in [0.05, 0.1) is 19.2 Å². The Balaban J connectivity index is 1.63. The molecule has 1 heterocycles. The SMILES string of the molecule is COc1cccc(CSc2nc(CC(=O)Nc3ccc(C(N)=O)cc3)cc(=O)[nH]2)c1. The highest BCUT2D eigenvalue weighted by Crippen LogP contribution is 2.21. The van der Waals surface area contributed by atoms with E-state index < -0.39 is 5.91 Å². The molecule has 0 aliphatic carbocycles. The second kappa shape index (κ2) is 9.75. The monoisotopic (exact) mass is 424 g/mol. The van der Waals surface area contributed by atoms with E-state index >= 15 is 0 Å². The first kappa shape index (κ1) is 21.1. The van der Waals surface area contributed by atoms with Gasteiger partial charge in [0.15, 0.2) is 5.16 Å². The topological polar surface area (TPSA) is 127 Å². The number of hydrogen-bond donors (Lipinski definition) is 3. The number of hydrogen-bond acceptors (Lipinski definition) is 6. The van der Waals surface area contributed by atoms with E-state index in [1.165, 1.54) is 30.0 Å². The van der Waals surface area contributed by atoms with Gasteiger partial charge in [-0.25, -0.2) is 4.98 Å². The van der Waals surface area contributed by atoms with Gasteiger partial charge in [0, 0.05) is 23.1 Å². The maximum absolute atomic E-state index is 12.3. The molecule has 2 aromatic carbocycles. The van der Waals surface area contributed by atoms with Gasteiger partial charge in [-0.2, -0.15) is 0 Å². The molecule has 3 aromatic rings. The number of primary amides is 1. The molecule has 4 N–H and O–H groups in total. The molecule has 0 bridgehead atoms. The number of H-pyrrole nitrogens is 1. The van der Waals surface area contributed by atoms with Crippen LogP contribution < -0.4 is 21.3 Å². The molecule has 0 saturated carbocycles. The molecule has 9 heteroatoms. The van der Waals surface area contributed by atoms with Crippen LogP contribution in [0.3, 0.4) is 0 Å². The van der Waals surface area contributed by atoms with Crippen molar-refractivity contribution in [1.29, 1.82) is 0 Å². The van der Waals surface area contributed by atoms with Gasteiger partial charge in [0.1, 0.15) is 5.75 Å². The summed E-state index contributed by atoms with van der Waals surface area (Å²) in [4.78, 5) is 42.4. The first-order chi connectivity index (χ1) is 14.4. The van der Waals surface area contributed by atoms with E-state index in [2.05, 4.69) is 15.3 Å². The molecule has 2 amide bonds. The number of amides is 2. The fourth-order valence-corrected chi connectivity index (χ4v) is 3.48. The number of nitrogens with zero attached hydrogens (tertiary/aromatic N) is 1. The molecular formula is C21H20N4O4S. The third-order valence-electron chi connectivity index (χ3n) is 4.08. The number of carbonyl (C=O) groups excluding carboxylic acids is 2. The van der Waals surface area contributed by atoms with E-state index in [-0.39, 0.29) is 17.9 Å². The summed E-state index contributed by atoms with van der Waals surface area (Å²) in [6.07, 6.45) is -0.0613. The van der Waals surface area contributed by atoms with E-state index in [0.29, 0.717) is 27.9 Å². The molecule has 0 radical (unpaired) electrons. The summed E-state index contributed by atoms with van der Waals surface area (Å²) >= 11 is 1.36. The molecule has 3 rings (SSSR count). The van der Waals surface area contributed by atoms with Crippen LogP contribution >= 0.6 is 11.8 Å². The average molecular weight is 424 g/mol. The van der Waals surface area contributed by atoms with Gasteiger partial charge in [0.25, 0.3) is 5.56 Å². The number of thioether (sulfide) groups is 1. The molecule has 30 heavy (non-hydrogen) atoms. The molecular weight excluding hydrogens is 404 g/mol. The van der Waals surface area contributed by atoms with Crippen molar-refractivity contribution in [3.05, 3.63) is 81.8 Å². The number of nitrogens with two attached hydrogens (primary N) is 1. The Morgan fingerprint density at radius 2 is 1.93 bits per heavy atom. The Morgan fingerprint density at radius 1 is 1.17 bits per heavy atom. The lowest BCUT2D eigenvalue weighted by Gasteiger charge is -2.07. The predicted octanol–water partition coefficient (Wildman–Crippen LogP) is 2.35. The number of rotatable bonds is 8. The second-order valence-electron chi connectivity index (χ2n) is 6.35. The molecule has 0 unspecified atom stereocenters. The van der Waals surface area contributed by atoms with Gasteiger partial charge in [-0.3, -0.25) is 14.4 Å². The van der Waals surface area contributed by atoms with Gasteiger partial charge in [0.2, 0.25) is 11.8 Å². The zero-order valence-electron chi connectivity index (χ0n) is 16.2. The largest absolute Gasteiger partial charge is 0.497 e. The van der Waals surface area contributed by atoms with Crippen molar-refractivity contribution in [2.24, 2.45) is 5.73 Å². The number of aromatic nitrogens is 2. The quantitative estimate of drug-likeness (QED) is 0.376. The van der Waals surface area contributed by atoms with E-state index in [1.807, 2.05) is 24.3 Å². The van der Waals surface area contributed by atoms with Crippen molar-refractivity contribution in [1.82, 2.24) is 9.97 Å². The van der Waals surface area contributed by atoms with E-state index in [4.69, 9.17) is 10.5 Å². The van der Waals surface area contributed by atoms with Gasteiger partial charge < -0.3 is 20.8 Å². The summed E-state index contributed by atoms with van der Waals surface area (Å²) < 4.78 is 5.21. The molecule has 0 spiro atoms. The lowest BCUT2D eigenvalue weighted by atomic mass is 10.2. The molecule has 8 nitrogen and oxygen atoms in total. The number of nitrogens with one attached hydrogen (secondary N) is 2. The smallest absolute Gasteiger partial charge is 0.251 e. The van der Waals surface area contributed by atoms with Crippen LogP contribution in [0.2, 0.25) is 0 Å². The number of anilines is 1. The zero-order valence-corrected chi connectivity index (χ0v) is 17.0. The molecule has 0 saturated heterocycles. The number of methoxy groups -OCH3 is 1. The lowest BCUT2D eigenvalue weighted by molar-refractivity contribution is -0.115. The highest BCUT2D eigenvalue weighted by Gasteiger charge is 2.09. The predicted molar refractivity (Wildman–Crippen MR) is 115 cm³/mol. The fourth-order valence-electron chi connectivity index (χ4n) is 2.64. The molecule has 0 aliphatic heterocycles. The van der Waals surface area contributed by atoms with Crippen LogP contribution in [-0.4, -0.2) is 28.9 Å². The third-order valence-corrected chi connectivity index (χ3v) is 5.02. The van der Waals surface area contributed by atoms with Crippen molar-refractivity contribution < 1.29 is 14.3 Å². The Morgan fingerprint density at radius 3 is 2.63 bits per heavy atom. The lowest BCUT2D eigenvalue weighted by Crippen LogP contribution is -2.18. The molecule has 1 aromatic heterocycles. The van der Waals surface area contributed by atoms with Crippen molar-refractivity contribution in [2.45, 2.75) is 17.3 Å². The number of ether oxygens (including phenoxy) is 1. The minimum Gasteiger partial charge on any atom is -0.497 e. The summed E-state index contributed by atoms with van der Waals surface area (Å²) in [7, 11) is 1.60. The van der Waals surface area contributed by atoms with Crippen molar-refractivity contribution in [2.75, 3.05) is 12.4 Å². The van der Waals surface area contributed by atoms with Crippen LogP contribution in [0.1, 0.15) is 21.6 Å². The highest BCUT2D eigenvalue weighted by atomic mass is 32.2. The molecule has 154 valence electrons. The number of aromatic amines is 1. The second-order valence-corrected chi connectivity index (χ2v) is 7.31. The first-order valence-electron chi connectivity index (χ1n) is 8.98. The van der Waals surface area contributed by atoms with Crippen LogP contribution in [0.15, 0.2) is 64.5 Å². The average Bonchev–Trinajstić information content (AvgIpc) is 2.72. The van der Waals surface area contributed by atoms with Crippen LogP contribution in [0.4, 0.5) is 5.69 Å². The third kappa shape index (κ3) is 5.95. The van der Waals surface area contributed by atoms with E-state index in [1.54, 1.807) is 19.2 Å². The summed E-state index contributed by atoms with van der Waals surface area (Å²) in [5.74, 6) is 0.467. The van der Waals surface area contributed by atoms with Gasteiger partial charge in [-0.1, -0.05) is 23.9 Å². The Hall–Kier alpha value is -3.59. The summed E-state index contributed by atoms with van der Waals surface area (Å²) in [6.45, 7) is 0. The molecule has 0 atom stereocenters. The van der Waals surface area contributed by atoms with Crippen molar-refractivity contribution in [3.8, 4) is 5.75 Å². The van der Waals surface area contributed by atoms with Crippen molar-refractivity contribution in [3.63, 3.8) is 0 Å². The summed E-state index contributed by atoms with van der Waals surface area (Å²) in [6, 6.07) is 15.1. The highest BCUT2D eigenvalue weighted by molar-refractivity contribution is 7.98. The zero-order chi connectivity index (χ0) is 21.5. The van der Waals surface area contributed by atoms with Gasteiger partial charge >= 0.3 is 0 Å². The van der Waals surface area contributed by atoms with E-state index in [0.717, 1.165) is 11.3 Å². The Kier molecular flexibility index (Phi) is 6.87.